The molecule has 0 aliphatic heterocycles. The summed E-state index contributed by atoms with van der Waals surface area (Å²) in [5.74, 6) is 0. The van der Waals surface area contributed by atoms with E-state index in [1.165, 1.54) is 50.1 Å². The molecule has 0 fully saturated rings. The second kappa shape index (κ2) is 9.37. The molecule has 2 aliphatic carbocycles. The molecular weight excluding hydrogens is 583 g/mol. The van der Waals surface area contributed by atoms with Crippen molar-refractivity contribution >= 4 is 27.3 Å². The minimum Gasteiger partial charge on any atom is -0.246 e. The summed E-state index contributed by atoms with van der Waals surface area (Å²) < 4.78 is 2.03. The van der Waals surface area contributed by atoms with Gasteiger partial charge in [0.1, 0.15) is 0 Å². The summed E-state index contributed by atoms with van der Waals surface area (Å²) in [4.78, 5) is 5.23. The van der Waals surface area contributed by atoms with Crippen molar-refractivity contribution in [3.63, 3.8) is 0 Å². The quantitative estimate of drug-likeness (QED) is 0.195. The van der Waals surface area contributed by atoms with Crippen molar-refractivity contribution in [2.75, 3.05) is 0 Å². The van der Waals surface area contributed by atoms with E-state index in [1.807, 2.05) is 10.6 Å². The van der Waals surface area contributed by atoms with E-state index in [0.717, 1.165) is 44.3 Å². The lowest BCUT2D eigenvalue weighted by molar-refractivity contribution is 0.794. The Morgan fingerprint density at radius 2 is 1.04 bits per heavy atom. The fourth-order valence-electron chi connectivity index (χ4n) is 8.61. The van der Waals surface area contributed by atoms with Gasteiger partial charge in [-0.05, 0) is 92.0 Å². The van der Waals surface area contributed by atoms with E-state index in [-0.39, 0.29) is 5.41 Å². The molecule has 0 bridgehead atoms. The molecule has 3 heteroatoms. The molecule has 0 N–H and O–H groups in total. The van der Waals surface area contributed by atoms with Crippen LogP contribution in [0, 0.1) is 0 Å². The molecule has 3 nitrogen and oxygen atoms in total. The zero-order valence-corrected chi connectivity index (χ0v) is 25.9. The first kappa shape index (κ1) is 25.8. The Balaban J connectivity index is 1.10. The maximum Gasteiger partial charge on any atom is 0.0934 e. The second-order valence-corrected chi connectivity index (χ2v) is 13.0. The number of aromatic nitrogens is 3. The molecule has 1 spiro atoms. The van der Waals surface area contributed by atoms with Gasteiger partial charge in [0.15, 0.2) is 0 Å². The first-order valence-corrected chi connectivity index (χ1v) is 16.5. The van der Waals surface area contributed by atoms with E-state index in [1.54, 1.807) is 0 Å². The summed E-state index contributed by atoms with van der Waals surface area (Å²) in [6.07, 6.45) is 0. The van der Waals surface area contributed by atoms with Crippen molar-refractivity contribution < 1.29 is 0 Å². The van der Waals surface area contributed by atoms with Gasteiger partial charge in [0, 0.05) is 10.8 Å². The minimum atomic E-state index is -0.358. The molecule has 0 saturated heterocycles. The van der Waals surface area contributed by atoms with Gasteiger partial charge in [-0.25, -0.2) is 9.50 Å². The molecule has 0 amide bonds. The van der Waals surface area contributed by atoms with Gasteiger partial charge in [0.05, 0.1) is 33.4 Å². The monoisotopic (exact) mass is 609 g/mol. The summed E-state index contributed by atoms with van der Waals surface area (Å²) in [6, 6.07) is 59.5. The van der Waals surface area contributed by atoms with E-state index in [9.17, 15) is 0 Å². The number of fused-ring (bicyclic) bond motifs is 14. The molecule has 48 heavy (non-hydrogen) atoms. The molecule has 9 aromatic rings. The van der Waals surface area contributed by atoms with Crippen LogP contribution in [-0.4, -0.2) is 14.6 Å². The highest BCUT2D eigenvalue weighted by atomic mass is 15.2. The Morgan fingerprint density at radius 1 is 0.438 bits per heavy atom. The molecule has 6 aromatic carbocycles. The van der Waals surface area contributed by atoms with Gasteiger partial charge < -0.3 is 0 Å². The van der Waals surface area contributed by atoms with Crippen molar-refractivity contribution in [3.8, 4) is 44.8 Å². The topological polar surface area (TPSA) is 30.2 Å². The number of benzene rings is 6. The SMILES string of the molecule is c1ccc2c(c1)-c1ccccc1C21c2ccccc2-c2ccc(-c3ccc4ccc(-c5cccc6c7ccccc7nn56)nc4c3)cc21. The van der Waals surface area contributed by atoms with Crippen LogP contribution in [0.5, 0.6) is 0 Å². The van der Waals surface area contributed by atoms with Crippen molar-refractivity contribution in [1.82, 2.24) is 14.6 Å². The molecule has 0 unspecified atom stereocenters. The molecular formula is C45H27N3. The highest BCUT2D eigenvalue weighted by molar-refractivity contribution is 5.97. The predicted molar refractivity (Wildman–Crippen MR) is 195 cm³/mol. The summed E-state index contributed by atoms with van der Waals surface area (Å²) >= 11 is 0. The predicted octanol–water partition coefficient (Wildman–Crippen LogP) is 10.7. The Hall–Kier alpha value is -6.32. The summed E-state index contributed by atoms with van der Waals surface area (Å²) in [7, 11) is 0. The van der Waals surface area contributed by atoms with Crippen LogP contribution in [0.4, 0.5) is 0 Å². The van der Waals surface area contributed by atoms with Gasteiger partial charge in [0.2, 0.25) is 0 Å². The maximum absolute atomic E-state index is 5.23. The normalized spacial score (nSPS) is 13.6. The maximum atomic E-state index is 5.23. The van der Waals surface area contributed by atoms with E-state index in [2.05, 4.69) is 158 Å². The van der Waals surface area contributed by atoms with E-state index in [4.69, 9.17) is 10.1 Å². The fourth-order valence-corrected chi connectivity index (χ4v) is 8.61. The van der Waals surface area contributed by atoms with Crippen LogP contribution in [0.2, 0.25) is 0 Å². The largest absolute Gasteiger partial charge is 0.246 e. The highest BCUT2D eigenvalue weighted by Gasteiger charge is 2.51. The van der Waals surface area contributed by atoms with Crippen molar-refractivity contribution in [3.05, 3.63) is 186 Å². The Morgan fingerprint density at radius 3 is 1.79 bits per heavy atom. The Kier molecular flexibility index (Phi) is 5.04. The van der Waals surface area contributed by atoms with Crippen molar-refractivity contribution in [2.24, 2.45) is 0 Å². The van der Waals surface area contributed by atoms with Gasteiger partial charge in [-0.2, -0.15) is 5.10 Å². The van der Waals surface area contributed by atoms with Gasteiger partial charge >= 0.3 is 0 Å². The highest BCUT2D eigenvalue weighted by Crippen LogP contribution is 2.63. The van der Waals surface area contributed by atoms with Gasteiger partial charge in [-0.1, -0.05) is 127 Å². The molecule has 222 valence electrons. The zero-order valence-electron chi connectivity index (χ0n) is 25.9. The molecule has 3 aromatic heterocycles. The third kappa shape index (κ3) is 3.27. The Labute approximate surface area is 277 Å². The number of pyridine rings is 2. The number of nitrogens with zero attached hydrogens (tertiary/aromatic N) is 3. The lowest BCUT2D eigenvalue weighted by Gasteiger charge is -2.30. The van der Waals surface area contributed by atoms with Crippen LogP contribution < -0.4 is 0 Å². The average Bonchev–Trinajstić information content (AvgIpc) is 3.78. The zero-order chi connectivity index (χ0) is 31.4. The molecule has 11 rings (SSSR count). The van der Waals surface area contributed by atoms with E-state index >= 15 is 0 Å². The minimum absolute atomic E-state index is 0.358. The summed E-state index contributed by atoms with van der Waals surface area (Å²) in [6.45, 7) is 0. The summed E-state index contributed by atoms with van der Waals surface area (Å²) in [5, 5.41) is 7.19. The Bertz CT molecular complexity index is 2740. The second-order valence-electron chi connectivity index (χ2n) is 13.0. The third-order valence-electron chi connectivity index (χ3n) is 10.6. The molecule has 0 radical (unpaired) electrons. The van der Waals surface area contributed by atoms with Gasteiger partial charge in [0.25, 0.3) is 0 Å². The average molecular weight is 610 g/mol. The first-order valence-electron chi connectivity index (χ1n) is 16.5. The van der Waals surface area contributed by atoms with Crippen LogP contribution in [-0.2, 0) is 5.41 Å². The third-order valence-corrected chi connectivity index (χ3v) is 10.6. The van der Waals surface area contributed by atoms with Crippen LogP contribution in [0.3, 0.4) is 0 Å². The fraction of sp³-hybridized carbons (Fsp3) is 0.0222. The lowest BCUT2D eigenvalue weighted by atomic mass is 9.70. The van der Waals surface area contributed by atoms with Gasteiger partial charge in [-0.15, -0.1) is 0 Å². The van der Waals surface area contributed by atoms with Crippen LogP contribution in [0.1, 0.15) is 22.3 Å². The van der Waals surface area contributed by atoms with E-state index < -0.39 is 0 Å². The smallest absolute Gasteiger partial charge is 0.0934 e. The van der Waals surface area contributed by atoms with Crippen LogP contribution >= 0.6 is 0 Å². The van der Waals surface area contributed by atoms with E-state index in [0.29, 0.717) is 0 Å². The first-order chi connectivity index (χ1) is 23.8. The number of rotatable bonds is 2. The molecule has 0 atom stereocenters. The number of hydrogen-bond donors (Lipinski definition) is 0. The molecule has 2 aliphatic rings. The van der Waals surface area contributed by atoms with Crippen molar-refractivity contribution in [2.45, 2.75) is 5.41 Å². The van der Waals surface area contributed by atoms with Crippen LogP contribution in [0.25, 0.3) is 72.1 Å². The molecule has 0 saturated carbocycles. The van der Waals surface area contributed by atoms with Crippen molar-refractivity contribution in [1.29, 1.82) is 0 Å². The number of hydrogen-bond acceptors (Lipinski definition) is 2. The summed E-state index contributed by atoms with van der Waals surface area (Å²) in [5.41, 5.74) is 17.6. The van der Waals surface area contributed by atoms with Crippen LogP contribution in [0.15, 0.2) is 164 Å². The lowest BCUT2D eigenvalue weighted by Crippen LogP contribution is -2.25. The van der Waals surface area contributed by atoms with Gasteiger partial charge in [-0.3, -0.25) is 0 Å². The standard InChI is InChI=1S/C45H27N3/c1-5-14-36-31(10-1)32-11-2-6-15-37(32)45(36)38-16-7-3-12-33(38)34-24-22-29(26-39(34)45)30-21-20-28-23-25-41(46-42(28)27-30)44-19-9-18-43-35-13-4-8-17-40(35)47-48(43)44/h1-27H. The molecule has 3 heterocycles.